The molecular formula is C14H13BrFNOS. The molecule has 0 aliphatic rings. The maximum Gasteiger partial charge on any atom is 0.123 e. The summed E-state index contributed by atoms with van der Waals surface area (Å²) in [5.74, 6) is 1.16. The summed E-state index contributed by atoms with van der Waals surface area (Å²) in [5, 5.41) is 0. The van der Waals surface area contributed by atoms with Crippen molar-refractivity contribution in [1.29, 1.82) is 0 Å². The molecule has 0 unspecified atom stereocenters. The van der Waals surface area contributed by atoms with Crippen molar-refractivity contribution >= 4 is 33.4 Å². The molecule has 0 saturated carbocycles. The summed E-state index contributed by atoms with van der Waals surface area (Å²) in [6, 6.07) is 10.2. The Morgan fingerprint density at radius 3 is 2.79 bits per heavy atom. The lowest BCUT2D eigenvalue weighted by Crippen LogP contribution is -1.92. The van der Waals surface area contributed by atoms with Crippen LogP contribution < -0.4 is 10.5 Å². The Labute approximate surface area is 124 Å². The third-order valence-electron chi connectivity index (χ3n) is 2.61. The van der Waals surface area contributed by atoms with Crippen LogP contribution in [-0.2, 0) is 5.75 Å². The smallest absolute Gasteiger partial charge is 0.123 e. The second kappa shape index (κ2) is 6.30. The van der Waals surface area contributed by atoms with Gasteiger partial charge in [0.05, 0.1) is 7.11 Å². The lowest BCUT2D eigenvalue weighted by molar-refractivity contribution is 0.414. The highest BCUT2D eigenvalue weighted by molar-refractivity contribution is 9.10. The molecule has 0 aromatic heterocycles. The number of halogens is 2. The molecule has 2 nitrogen and oxygen atoms in total. The van der Waals surface area contributed by atoms with E-state index in [1.54, 1.807) is 24.9 Å². The summed E-state index contributed by atoms with van der Waals surface area (Å²) >= 11 is 4.97. The fourth-order valence-electron chi connectivity index (χ4n) is 1.58. The average molecular weight is 342 g/mol. The maximum absolute atomic E-state index is 13.2. The number of rotatable bonds is 4. The van der Waals surface area contributed by atoms with E-state index in [4.69, 9.17) is 10.5 Å². The predicted octanol–water partition coefficient (Wildman–Crippen LogP) is 4.47. The maximum atomic E-state index is 13.2. The summed E-state index contributed by atoms with van der Waals surface area (Å²) in [4.78, 5) is 0.926. The summed E-state index contributed by atoms with van der Waals surface area (Å²) in [6.45, 7) is 0. The molecule has 2 rings (SSSR count). The van der Waals surface area contributed by atoms with Gasteiger partial charge in [0.15, 0.2) is 0 Å². The Bertz CT molecular complexity index is 592. The van der Waals surface area contributed by atoms with E-state index in [0.29, 0.717) is 11.4 Å². The van der Waals surface area contributed by atoms with Crippen molar-refractivity contribution in [2.24, 2.45) is 0 Å². The number of hydrogen-bond acceptors (Lipinski definition) is 3. The molecular weight excluding hydrogens is 329 g/mol. The van der Waals surface area contributed by atoms with Crippen molar-refractivity contribution in [3.63, 3.8) is 0 Å². The van der Waals surface area contributed by atoms with E-state index in [1.807, 2.05) is 18.2 Å². The Morgan fingerprint density at radius 1 is 1.26 bits per heavy atom. The van der Waals surface area contributed by atoms with Gasteiger partial charge in [0.25, 0.3) is 0 Å². The van der Waals surface area contributed by atoms with Crippen LogP contribution in [0, 0.1) is 5.82 Å². The quantitative estimate of drug-likeness (QED) is 0.658. The molecule has 0 fully saturated rings. The van der Waals surface area contributed by atoms with E-state index < -0.39 is 0 Å². The minimum Gasteiger partial charge on any atom is -0.497 e. The zero-order valence-electron chi connectivity index (χ0n) is 10.3. The zero-order chi connectivity index (χ0) is 13.8. The fraction of sp³-hybridized carbons (Fsp3) is 0.143. The van der Waals surface area contributed by atoms with E-state index in [-0.39, 0.29) is 5.82 Å². The number of methoxy groups -OCH3 is 1. The van der Waals surface area contributed by atoms with Gasteiger partial charge in [-0.05, 0) is 42.0 Å². The molecule has 0 atom stereocenters. The number of nitrogen functional groups attached to an aromatic ring is 1. The first-order valence-corrected chi connectivity index (χ1v) is 7.38. The van der Waals surface area contributed by atoms with Crippen LogP contribution in [0.4, 0.5) is 10.1 Å². The third kappa shape index (κ3) is 3.64. The van der Waals surface area contributed by atoms with Crippen LogP contribution in [0.15, 0.2) is 45.8 Å². The molecule has 2 aromatic rings. The standard InChI is InChI=1S/C14H13BrFNOS/c1-18-11-3-5-13(17)14(7-11)19-8-9-6-10(16)2-4-12(9)15/h2-7H,8,17H2,1H3. The highest BCUT2D eigenvalue weighted by Gasteiger charge is 2.06. The topological polar surface area (TPSA) is 35.2 Å². The van der Waals surface area contributed by atoms with Gasteiger partial charge in [-0.1, -0.05) is 15.9 Å². The molecule has 0 spiro atoms. The van der Waals surface area contributed by atoms with Crippen LogP contribution in [0.5, 0.6) is 5.75 Å². The minimum absolute atomic E-state index is 0.239. The number of hydrogen-bond donors (Lipinski definition) is 1. The van der Waals surface area contributed by atoms with Crippen LogP contribution in [0.25, 0.3) is 0 Å². The normalized spacial score (nSPS) is 10.5. The third-order valence-corrected chi connectivity index (χ3v) is 4.51. The van der Waals surface area contributed by atoms with Gasteiger partial charge in [-0.2, -0.15) is 0 Å². The van der Waals surface area contributed by atoms with Crippen molar-refractivity contribution in [3.8, 4) is 5.75 Å². The van der Waals surface area contributed by atoms with E-state index in [0.717, 1.165) is 20.7 Å². The molecule has 0 amide bonds. The number of thioether (sulfide) groups is 1. The summed E-state index contributed by atoms with van der Waals surface area (Å²) in [5.41, 5.74) is 7.50. The number of anilines is 1. The van der Waals surface area contributed by atoms with E-state index in [9.17, 15) is 4.39 Å². The molecule has 0 aliphatic carbocycles. The molecule has 2 aromatic carbocycles. The van der Waals surface area contributed by atoms with E-state index in [2.05, 4.69) is 15.9 Å². The Morgan fingerprint density at radius 2 is 2.05 bits per heavy atom. The first kappa shape index (κ1) is 14.2. The van der Waals surface area contributed by atoms with Gasteiger partial charge in [-0.3, -0.25) is 0 Å². The molecule has 5 heteroatoms. The predicted molar refractivity (Wildman–Crippen MR) is 81.1 cm³/mol. The summed E-state index contributed by atoms with van der Waals surface area (Å²) < 4.78 is 19.3. The largest absolute Gasteiger partial charge is 0.497 e. The first-order valence-electron chi connectivity index (χ1n) is 5.60. The Hall–Kier alpha value is -1.20. The van der Waals surface area contributed by atoms with Gasteiger partial charge in [0, 0.05) is 20.8 Å². The second-order valence-electron chi connectivity index (χ2n) is 3.93. The zero-order valence-corrected chi connectivity index (χ0v) is 12.7. The van der Waals surface area contributed by atoms with Crippen molar-refractivity contribution in [2.75, 3.05) is 12.8 Å². The average Bonchev–Trinajstić information content (AvgIpc) is 2.41. The summed E-state index contributed by atoms with van der Waals surface area (Å²) in [7, 11) is 1.61. The molecule has 0 bridgehead atoms. The second-order valence-corrected chi connectivity index (χ2v) is 5.80. The number of ether oxygens (including phenoxy) is 1. The van der Waals surface area contributed by atoms with Gasteiger partial charge >= 0.3 is 0 Å². The Kier molecular flexibility index (Phi) is 4.71. The SMILES string of the molecule is COc1ccc(N)c(SCc2cc(F)ccc2Br)c1. The number of nitrogens with two attached hydrogens (primary N) is 1. The first-order chi connectivity index (χ1) is 9.10. The van der Waals surface area contributed by atoms with Gasteiger partial charge in [0.2, 0.25) is 0 Å². The van der Waals surface area contributed by atoms with Gasteiger partial charge in [-0.25, -0.2) is 4.39 Å². The molecule has 2 N–H and O–H groups in total. The summed E-state index contributed by atoms with van der Waals surface area (Å²) in [6.07, 6.45) is 0. The lowest BCUT2D eigenvalue weighted by Gasteiger charge is -2.09. The van der Waals surface area contributed by atoms with Crippen molar-refractivity contribution in [2.45, 2.75) is 10.6 Å². The van der Waals surface area contributed by atoms with Crippen LogP contribution in [0.3, 0.4) is 0 Å². The molecule has 0 saturated heterocycles. The van der Waals surface area contributed by atoms with Crippen molar-refractivity contribution < 1.29 is 9.13 Å². The fourth-order valence-corrected chi connectivity index (χ4v) is 3.13. The monoisotopic (exact) mass is 341 g/mol. The lowest BCUT2D eigenvalue weighted by atomic mass is 10.2. The Balaban J connectivity index is 2.16. The van der Waals surface area contributed by atoms with Crippen LogP contribution in [0.2, 0.25) is 0 Å². The van der Waals surface area contributed by atoms with Crippen LogP contribution in [0.1, 0.15) is 5.56 Å². The van der Waals surface area contributed by atoms with Crippen molar-refractivity contribution in [1.82, 2.24) is 0 Å². The highest BCUT2D eigenvalue weighted by Crippen LogP contribution is 2.33. The molecule has 100 valence electrons. The van der Waals surface area contributed by atoms with Crippen molar-refractivity contribution in [3.05, 3.63) is 52.3 Å². The van der Waals surface area contributed by atoms with E-state index in [1.165, 1.54) is 12.1 Å². The van der Waals surface area contributed by atoms with Gasteiger partial charge in [-0.15, -0.1) is 11.8 Å². The molecule has 0 aliphatic heterocycles. The number of benzene rings is 2. The van der Waals surface area contributed by atoms with Crippen LogP contribution >= 0.6 is 27.7 Å². The molecule has 0 heterocycles. The minimum atomic E-state index is -0.239. The molecule has 0 radical (unpaired) electrons. The highest BCUT2D eigenvalue weighted by atomic mass is 79.9. The van der Waals surface area contributed by atoms with E-state index >= 15 is 0 Å². The van der Waals surface area contributed by atoms with Gasteiger partial charge < -0.3 is 10.5 Å². The van der Waals surface area contributed by atoms with Crippen LogP contribution in [-0.4, -0.2) is 7.11 Å². The molecule has 19 heavy (non-hydrogen) atoms. The van der Waals surface area contributed by atoms with Gasteiger partial charge in [0.1, 0.15) is 11.6 Å².